The van der Waals surface area contributed by atoms with Crippen LogP contribution in [-0.2, 0) is 13.0 Å². The van der Waals surface area contributed by atoms with Crippen molar-refractivity contribution in [3.63, 3.8) is 0 Å². The first-order chi connectivity index (χ1) is 9.10. The second-order valence-electron chi connectivity index (χ2n) is 4.17. The van der Waals surface area contributed by atoms with Crippen LogP contribution in [0.25, 0.3) is 0 Å². The van der Waals surface area contributed by atoms with Crippen LogP contribution >= 0.6 is 11.3 Å². The minimum Gasteiger partial charge on any atom is -0.478 e. The number of carboxylic acid groups (broad SMARTS) is 1. The predicted molar refractivity (Wildman–Crippen MR) is 72.9 cm³/mol. The fraction of sp³-hybridized carbons (Fsp3) is 0.308. The van der Waals surface area contributed by atoms with Crippen molar-refractivity contribution < 1.29 is 9.90 Å². The van der Waals surface area contributed by atoms with Crippen molar-refractivity contribution in [2.24, 2.45) is 0 Å². The minimum absolute atomic E-state index is 0.101. The monoisotopic (exact) mass is 278 g/mol. The molecule has 0 fully saturated rings. The van der Waals surface area contributed by atoms with E-state index < -0.39 is 5.97 Å². The third-order valence-corrected chi connectivity index (χ3v) is 3.58. The molecule has 0 aromatic carbocycles. The Labute approximate surface area is 114 Å². The third-order valence-electron chi connectivity index (χ3n) is 2.63. The lowest BCUT2D eigenvalue weighted by Gasteiger charge is -2.04. The summed E-state index contributed by atoms with van der Waals surface area (Å²) in [6, 6.07) is 2.58. The van der Waals surface area contributed by atoms with E-state index in [2.05, 4.69) is 11.9 Å². The van der Waals surface area contributed by atoms with Crippen LogP contribution in [0.5, 0.6) is 0 Å². The molecule has 2 heterocycles. The van der Waals surface area contributed by atoms with Crippen LogP contribution in [0.15, 0.2) is 28.5 Å². The van der Waals surface area contributed by atoms with Crippen LogP contribution in [0.1, 0.15) is 34.4 Å². The molecule has 0 radical (unpaired) electrons. The van der Waals surface area contributed by atoms with Crippen LogP contribution in [0.3, 0.4) is 0 Å². The Bertz CT molecular complexity index is 645. The molecule has 2 rings (SSSR count). The fourth-order valence-electron chi connectivity index (χ4n) is 1.71. The maximum atomic E-state index is 11.7. The number of aromatic carboxylic acids is 1. The highest BCUT2D eigenvalue weighted by atomic mass is 32.1. The van der Waals surface area contributed by atoms with E-state index in [0.717, 1.165) is 23.5 Å². The lowest BCUT2D eigenvalue weighted by atomic mass is 10.3. The number of rotatable bonds is 5. The zero-order valence-corrected chi connectivity index (χ0v) is 11.3. The molecular weight excluding hydrogens is 264 g/mol. The maximum Gasteiger partial charge on any atom is 0.337 e. The highest BCUT2D eigenvalue weighted by Gasteiger charge is 2.07. The number of thiazole rings is 1. The normalized spacial score (nSPS) is 10.6. The summed E-state index contributed by atoms with van der Waals surface area (Å²) in [6.45, 7) is 2.39. The molecule has 100 valence electrons. The molecule has 0 unspecified atom stereocenters. The van der Waals surface area contributed by atoms with Crippen LogP contribution in [0.4, 0.5) is 0 Å². The van der Waals surface area contributed by atoms with Crippen LogP contribution in [0.2, 0.25) is 0 Å². The Hall–Kier alpha value is -1.95. The van der Waals surface area contributed by atoms with Gasteiger partial charge in [-0.05, 0) is 18.9 Å². The molecule has 0 spiro atoms. The van der Waals surface area contributed by atoms with Gasteiger partial charge in [0.05, 0.1) is 22.8 Å². The standard InChI is InChI=1S/C13H14N2O3S/c1-2-3-11-14-10(8-19-11)7-15-6-9(13(17)18)4-5-12(15)16/h4-6,8H,2-3,7H2,1H3,(H,17,18). The summed E-state index contributed by atoms with van der Waals surface area (Å²) in [5, 5.41) is 11.9. The summed E-state index contributed by atoms with van der Waals surface area (Å²) in [5.74, 6) is -1.04. The van der Waals surface area contributed by atoms with Crippen molar-refractivity contribution in [3.05, 3.63) is 50.3 Å². The van der Waals surface area contributed by atoms with Crippen molar-refractivity contribution in [3.8, 4) is 0 Å². The van der Waals surface area contributed by atoms with E-state index in [0.29, 0.717) is 6.54 Å². The molecule has 1 N–H and O–H groups in total. The molecule has 0 amide bonds. The number of nitrogens with zero attached hydrogens (tertiary/aromatic N) is 2. The average Bonchev–Trinajstić information content (AvgIpc) is 2.80. The molecule has 0 saturated carbocycles. The van der Waals surface area contributed by atoms with E-state index >= 15 is 0 Å². The zero-order chi connectivity index (χ0) is 13.8. The lowest BCUT2D eigenvalue weighted by Crippen LogP contribution is -2.20. The summed E-state index contributed by atoms with van der Waals surface area (Å²) in [6.07, 6.45) is 3.31. The molecule has 0 atom stereocenters. The van der Waals surface area contributed by atoms with Gasteiger partial charge in [-0.2, -0.15) is 0 Å². The van der Waals surface area contributed by atoms with Gasteiger partial charge in [-0.15, -0.1) is 11.3 Å². The zero-order valence-electron chi connectivity index (χ0n) is 10.5. The summed E-state index contributed by atoms with van der Waals surface area (Å²) < 4.78 is 1.37. The second-order valence-corrected chi connectivity index (χ2v) is 5.11. The van der Waals surface area contributed by atoms with Gasteiger partial charge >= 0.3 is 5.97 Å². The number of hydrogen-bond donors (Lipinski definition) is 1. The largest absolute Gasteiger partial charge is 0.478 e. The molecule has 0 saturated heterocycles. The van der Waals surface area contributed by atoms with Crippen molar-refractivity contribution >= 4 is 17.3 Å². The lowest BCUT2D eigenvalue weighted by molar-refractivity contribution is 0.0696. The molecule has 6 heteroatoms. The topological polar surface area (TPSA) is 72.2 Å². The van der Waals surface area contributed by atoms with Gasteiger partial charge in [-0.3, -0.25) is 4.79 Å². The molecular formula is C13H14N2O3S. The Morgan fingerprint density at radius 1 is 1.47 bits per heavy atom. The number of carboxylic acids is 1. The van der Waals surface area contributed by atoms with Gasteiger partial charge in [-0.1, -0.05) is 6.92 Å². The number of hydrogen-bond acceptors (Lipinski definition) is 4. The number of carbonyl (C=O) groups is 1. The van der Waals surface area contributed by atoms with Crippen molar-refractivity contribution in [2.75, 3.05) is 0 Å². The summed E-state index contributed by atoms with van der Waals surface area (Å²) in [4.78, 5) is 27.0. The Balaban J connectivity index is 2.24. The number of pyridine rings is 1. The molecule has 0 aliphatic carbocycles. The smallest absolute Gasteiger partial charge is 0.337 e. The average molecular weight is 278 g/mol. The van der Waals surface area contributed by atoms with Gasteiger partial charge < -0.3 is 9.67 Å². The first-order valence-electron chi connectivity index (χ1n) is 5.97. The highest BCUT2D eigenvalue weighted by Crippen LogP contribution is 2.12. The molecule has 0 aliphatic rings. The van der Waals surface area contributed by atoms with Gasteiger partial charge in [-0.25, -0.2) is 9.78 Å². The van der Waals surface area contributed by atoms with E-state index in [1.54, 1.807) is 11.3 Å². The second kappa shape index (κ2) is 5.79. The molecule has 2 aromatic heterocycles. The SMILES string of the molecule is CCCc1nc(Cn2cc(C(=O)O)ccc2=O)cs1. The van der Waals surface area contributed by atoms with Crippen LogP contribution < -0.4 is 5.56 Å². The highest BCUT2D eigenvalue weighted by molar-refractivity contribution is 7.09. The third kappa shape index (κ3) is 3.29. The van der Waals surface area contributed by atoms with Crippen LogP contribution in [-0.4, -0.2) is 20.6 Å². The van der Waals surface area contributed by atoms with Crippen molar-refractivity contribution in [1.29, 1.82) is 0 Å². The fourth-order valence-corrected chi connectivity index (χ4v) is 2.60. The van der Waals surface area contributed by atoms with Crippen molar-refractivity contribution in [1.82, 2.24) is 9.55 Å². The van der Waals surface area contributed by atoms with Crippen molar-refractivity contribution in [2.45, 2.75) is 26.3 Å². The van der Waals surface area contributed by atoms with Gasteiger partial charge in [0.25, 0.3) is 5.56 Å². The molecule has 5 nitrogen and oxygen atoms in total. The first kappa shape index (κ1) is 13.5. The Morgan fingerprint density at radius 2 is 2.26 bits per heavy atom. The number of aryl methyl sites for hydroxylation is 1. The van der Waals surface area contributed by atoms with E-state index in [9.17, 15) is 9.59 Å². The summed E-state index contributed by atoms with van der Waals surface area (Å²) in [7, 11) is 0. The van der Waals surface area contributed by atoms with E-state index in [4.69, 9.17) is 5.11 Å². The summed E-state index contributed by atoms with van der Waals surface area (Å²) >= 11 is 1.57. The molecule has 0 bridgehead atoms. The predicted octanol–water partition coefficient (Wildman–Crippen LogP) is 2.00. The van der Waals surface area contributed by atoms with E-state index in [1.165, 1.54) is 22.9 Å². The van der Waals surface area contributed by atoms with Gasteiger partial charge in [0.15, 0.2) is 0 Å². The van der Waals surface area contributed by atoms with Gasteiger partial charge in [0.2, 0.25) is 0 Å². The summed E-state index contributed by atoms with van der Waals surface area (Å²) in [5.41, 5.74) is 0.664. The van der Waals surface area contributed by atoms with Crippen LogP contribution in [0, 0.1) is 0 Å². The molecule has 0 aliphatic heterocycles. The minimum atomic E-state index is -1.04. The molecule has 2 aromatic rings. The Kier molecular flexibility index (Phi) is 4.11. The van der Waals surface area contributed by atoms with Gasteiger partial charge in [0, 0.05) is 17.6 Å². The van der Waals surface area contributed by atoms with E-state index in [1.807, 2.05) is 5.38 Å². The van der Waals surface area contributed by atoms with Gasteiger partial charge in [0.1, 0.15) is 0 Å². The maximum absolute atomic E-state index is 11.7. The van der Waals surface area contributed by atoms with E-state index in [-0.39, 0.29) is 11.1 Å². The quantitative estimate of drug-likeness (QED) is 0.908. The number of aromatic nitrogens is 2. The molecule has 19 heavy (non-hydrogen) atoms. The first-order valence-corrected chi connectivity index (χ1v) is 6.85. The Morgan fingerprint density at radius 3 is 2.95 bits per heavy atom.